The Hall–Kier alpha value is -3.31. The molecule has 0 saturated heterocycles. The maximum absolute atomic E-state index is 14.5. The third kappa shape index (κ3) is 3.24. The molecule has 0 aliphatic heterocycles. The van der Waals surface area contributed by atoms with Gasteiger partial charge >= 0.3 is 6.18 Å². The molecule has 0 fully saturated rings. The highest BCUT2D eigenvalue weighted by molar-refractivity contribution is 5.85. The number of alkyl halides is 3. The van der Waals surface area contributed by atoms with Gasteiger partial charge in [-0.3, -0.25) is 0 Å². The predicted molar refractivity (Wildman–Crippen MR) is 112 cm³/mol. The second kappa shape index (κ2) is 7.10. The normalized spacial score (nSPS) is 22.2. The van der Waals surface area contributed by atoms with Crippen molar-refractivity contribution in [1.29, 1.82) is 5.26 Å². The van der Waals surface area contributed by atoms with E-state index in [2.05, 4.69) is 5.32 Å². The van der Waals surface area contributed by atoms with E-state index in [0.717, 1.165) is 16.8 Å². The summed E-state index contributed by atoms with van der Waals surface area (Å²) in [5.74, 6) is -2.07. The Morgan fingerprint density at radius 3 is 2.38 bits per heavy atom. The summed E-state index contributed by atoms with van der Waals surface area (Å²) >= 11 is 0. The van der Waals surface area contributed by atoms with E-state index in [1.165, 1.54) is 13.8 Å². The number of fused-ring (bicyclic) bond motifs is 2. The number of phenolic OH excluding ortho intramolecular Hbond substituents is 1. The summed E-state index contributed by atoms with van der Waals surface area (Å²) in [7, 11) is 0. The molecule has 0 saturated carbocycles. The average molecular weight is 444 g/mol. The maximum atomic E-state index is 14.5. The summed E-state index contributed by atoms with van der Waals surface area (Å²) in [6, 6.07) is 13.0. The van der Waals surface area contributed by atoms with E-state index in [4.69, 9.17) is 0 Å². The number of phenols is 1. The van der Waals surface area contributed by atoms with Gasteiger partial charge in [-0.15, -0.1) is 0 Å². The quantitative estimate of drug-likeness (QED) is 0.444. The molecule has 166 valence electrons. The fraction of sp³-hybridized carbons (Fsp3) is 0.292. The van der Waals surface area contributed by atoms with Gasteiger partial charge in [0.25, 0.3) is 0 Å². The van der Waals surface area contributed by atoms with Crippen LogP contribution >= 0.6 is 0 Å². The Balaban J connectivity index is 1.96. The Kier molecular flexibility index (Phi) is 4.86. The molecule has 0 bridgehead atoms. The van der Waals surface area contributed by atoms with Crippen LogP contribution in [0.3, 0.4) is 0 Å². The molecule has 4 nitrogen and oxygen atoms in total. The first-order valence-electron chi connectivity index (χ1n) is 9.89. The highest BCUT2D eigenvalue weighted by Gasteiger charge is 2.64. The SMILES string of the molecule is CC1(C)CC(O)(C(F)(F)F)C(Nc2ccc3ccccc3c2)c2cc(C#N)c(F)c(O)c21. The van der Waals surface area contributed by atoms with Crippen molar-refractivity contribution in [2.45, 2.75) is 43.5 Å². The number of halogens is 4. The highest BCUT2D eigenvalue weighted by Crippen LogP contribution is 2.56. The van der Waals surface area contributed by atoms with E-state index in [1.54, 1.807) is 36.4 Å². The molecule has 3 N–H and O–H groups in total. The molecule has 0 aromatic heterocycles. The Labute approximate surface area is 181 Å². The van der Waals surface area contributed by atoms with Crippen LogP contribution in [-0.2, 0) is 5.41 Å². The van der Waals surface area contributed by atoms with Crippen molar-refractivity contribution in [3.8, 4) is 11.8 Å². The molecule has 0 radical (unpaired) electrons. The number of nitriles is 1. The highest BCUT2D eigenvalue weighted by atomic mass is 19.4. The lowest BCUT2D eigenvalue weighted by atomic mass is 9.63. The molecule has 0 spiro atoms. The van der Waals surface area contributed by atoms with Crippen LogP contribution in [-0.4, -0.2) is 22.0 Å². The molecule has 0 amide bonds. The molecule has 8 heteroatoms. The zero-order chi connectivity index (χ0) is 23.5. The van der Waals surface area contributed by atoms with Gasteiger partial charge in [0.1, 0.15) is 6.07 Å². The summed E-state index contributed by atoms with van der Waals surface area (Å²) < 4.78 is 57.2. The molecule has 0 heterocycles. The number of hydrogen-bond acceptors (Lipinski definition) is 4. The molecule has 4 rings (SSSR count). The molecule has 1 aliphatic rings. The van der Waals surface area contributed by atoms with Crippen molar-refractivity contribution in [3.05, 3.63) is 71.0 Å². The van der Waals surface area contributed by atoms with E-state index < -0.39 is 46.8 Å². The molecule has 32 heavy (non-hydrogen) atoms. The Morgan fingerprint density at radius 1 is 1.09 bits per heavy atom. The van der Waals surface area contributed by atoms with Crippen molar-refractivity contribution in [3.63, 3.8) is 0 Å². The lowest BCUT2D eigenvalue weighted by molar-refractivity contribution is -0.276. The van der Waals surface area contributed by atoms with E-state index >= 15 is 0 Å². The third-order valence-corrected chi connectivity index (χ3v) is 6.12. The standard InChI is InChI=1S/C24H20F4N2O2/c1-22(2)12-23(32,24(26,27)28)21(17-10-15(11-29)19(25)20(31)18(17)22)30-16-8-7-13-5-3-4-6-14(13)9-16/h3-10,21,30-32H,12H2,1-2H3. The number of benzene rings is 3. The van der Waals surface area contributed by atoms with Crippen LogP contribution in [0.5, 0.6) is 5.75 Å². The molecule has 1 aliphatic carbocycles. The van der Waals surface area contributed by atoms with Gasteiger partial charge in [0.15, 0.2) is 17.2 Å². The van der Waals surface area contributed by atoms with Gasteiger partial charge in [-0.25, -0.2) is 4.39 Å². The van der Waals surface area contributed by atoms with Crippen LogP contribution in [0.25, 0.3) is 10.8 Å². The Morgan fingerprint density at radius 2 is 1.75 bits per heavy atom. The number of rotatable bonds is 2. The number of nitrogens with one attached hydrogen (secondary N) is 1. The van der Waals surface area contributed by atoms with Crippen LogP contribution in [0.15, 0.2) is 48.5 Å². The van der Waals surface area contributed by atoms with E-state index in [1.807, 2.05) is 12.1 Å². The van der Waals surface area contributed by atoms with E-state index in [9.17, 15) is 33.0 Å². The molecule has 3 aromatic carbocycles. The van der Waals surface area contributed by atoms with Crippen LogP contribution in [0.4, 0.5) is 23.2 Å². The van der Waals surface area contributed by atoms with Crippen LogP contribution < -0.4 is 5.32 Å². The lowest BCUT2D eigenvalue weighted by Gasteiger charge is -2.49. The number of hydrogen-bond donors (Lipinski definition) is 3. The number of aromatic hydroxyl groups is 1. The smallest absolute Gasteiger partial charge is 0.419 e. The lowest BCUT2D eigenvalue weighted by Crippen LogP contribution is -2.58. The van der Waals surface area contributed by atoms with Gasteiger partial charge in [-0.1, -0.05) is 44.2 Å². The van der Waals surface area contributed by atoms with Gasteiger partial charge in [-0.05, 0) is 46.4 Å². The van der Waals surface area contributed by atoms with Gasteiger partial charge in [0.05, 0.1) is 11.6 Å². The van der Waals surface area contributed by atoms with Crippen molar-refractivity contribution >= 4 is 16.5 Å². The van der Waals surface area contributed by atoms with Gasteiger partial charge in [0, 0.05) is 11.3 Å². The van der Waals surface area contributed by atoms with Gasteiger partial charge in [0.2, 0.25) is 0 Å². The summed E-state index contributed by atoms with van der Waals surface area (Å²) in [6.07, 6.45) is -5.87. The summed E-state index contributed by atoms with van der Waals surface area (Å²) in [5.41, 5.74) is -5.23. The van der Waals surface area contributed by atoms with Crippen molar-refractivity contribution in [2.75, 3.05) is 5.32 Å². The molecule has 3 aromatic rings. The maximum Gasteiger partial charge on any atom is 0.419 e. The second-order valence-electron chi connectivity index (χ2n) is 8.78. The van der Waals surface area contributed by atoms with Crippen molar-refractivity contribution in [1.82, 2.24) is 0 Å². The topological polar surface area (TPSA) is 76.3 Å². The zero-order valence-corrected chi connectivity index (χ0v) is 17.3. The van der Waals surface area contributed by atoms with Crippen LogP contribution in [0.1, 0.15) is 43.0 Å². The minimum atomic E-state index is -5.05. The van der Waals surface area contributed by atoms with Crippen LogP contribution in [0, 0.1) is 17.1 Å². The monoisotopic (exact) mass is 444 g/mol. The number of aliphatic hydroxyl groups is 1. The largest absolute Gasteiger partial charge is 0.505 e. The minimum absolute atomic E-state index is 0.0683. The molecular formula is C24H20F4N2O2. The third-order valence-electron chi connectivity index (χ3n) is 6.12. The fourth-order valence-corrected chi connectivity index (χ4v) is 4.71. The first-order chi connectivity index (χ1) is 14.9. The summed E-state index contributed by atoms with van der Waals surface area (Å²) in [4.78, 5) is 0. The zero-order valence-electron chi connectivity index (χ0n) is 17.3. The van der Waals surface area contributed by atoms with Gasteiger partial charge in [-0.2, -0.15) is 18.4 Å². The Bertz CT molecular complexity index is 1260. The summed E-state index contributed by atoms with van der Waals surface area (Å²) in [5, 5.41) is 35.1. The van der Waals surface area contributed by atoms with Crippen molar-refractivity contribution in [2.24, 2.45) is 0 Å². The van der Waals surface area contributed by atoms with Crippen LogP contribution in [0.2, 0.25) is 0 Å². The first kappa shape index (κ1) is 21.9. The molecule has 2 atom stereocenters. The van der Waals surface area contributed by atoms with Crippen molar-refractivity contribution < 1.29 is 27.8 Å². The average Bonchev–Trinajstić information content (AvgIpc) is 2.71. The van der Waals surface area contributed by atoms with Gasteiger partial charge < -0.3 is 15.5 Å². The number of anilines is 1. The molecule has 2 unspecified atom stereocenters. The first-order valence-corrected chi connectivity index (χ1v) is 9.89. The fourth-order valence-electron chi connectivity index (χ4n) is 4.71. The molecular weight excluding hydrogens is 424 g/mol. The minimum Gasteiger partial charge on any atom is -0.505 e. The second-order valence-corrected chi connectivity index (χ2v) is 8.78. The van der Waals surface area contributed by atoms with E-state index in [-0.39, 0.29) is 11.1 Å². The summed E-state index contributed by atoms with van der Waals surface area (Å²) in [6.45, 7) is 2.78. The number of nitrogens with zero attached hydrogens (tertiary/aromatic N) is 1. The predicted octanol–water partition coefficient (Wildman–Crippen LogP) is 5.68. The van der Waals surface area contributed by atoms with E-state index in [0.29, 0.717) is 5.69 Å².